The van der Waals surface area contributed by atoms with E-state index >= 15 is 0 Å². The molecule has 0 bridgehead atoms. The van der Waals surface area contributed by atoms with Crippen LogP contribution in [0.5, 0.6) is 5.75 Å². The Kier molecular flexibility index (Phi) is 4.98. The first-order valence-electron chi connectivity index (χ1n) is 8.71. The largest absolute Gasteiger partial charge is 0.495 e. The van der Waals surface area contributed by atoms with Crippen LogP contribution in [-0.4, -0.2) is 25.5 Å². The second-order valence-corrected chi connectivity index (χ2v) is 6.94. The number of amides is 2. The van der Waals surface area contributed by atoms with Crippen LogP contribution in [0.3, 0.4) is 0 Å². The van der Waals surface area contributed by atoms with Crippen LogP contribution in [-0.2, 0) is 9.59 Å². The number of rotatable bonds is 4. The summed E-state index contributed by atoms with van der Waals surface area (Å²) in [6, 6.07) is 11.7. The molecule has 1 N–H and O–H groups in total. The number of benzene rings is 2. The van der Waals surface area contributed by atoms with Gasteiger partial charge in [0, 0.05) is 18.7 Å². The average Bonchev–Trinajstić information content (AvgIpc) is 2.96. The molecule has 5 heteroatoms. The van der Waals surface area contributed by atoms with E-state index < -0.39 is 0 Å². The number of aryl methyl sites for hydroxylation is 3. The van der Waals surface area contributed by atoms with Crippen LogP contribution < -0.4 is 15.0 Å². The minimum Gasteiger partial charge on any atom is -0.495 e. The number of ether oxygens (including phenoxy) is 1. The fourth-order valence-corrected chi connectivity index (χ4v) is 3.39. The van der Waals surface area contributed by atoms with Crippen molar-refractivity contribution < 1.29 is 14.3 Å². The van der Waals surface area contributed by atoms with Crippen LogP contribution in [0.4, 0.5) is 11.4 Å². The number of hydrogen-bond acceptors (Lipinski definition) is 3. The van der Waals surface area contributed by atoms with Crippen molar-refractivity contribution in [3.63, 3.8) is 0 Å². The van der Waals surface area contributed by atoms with Gasteiger partial charge in [0.1, 0.15) is 5.75 Å². The standard InChI is InChI=1S/C21H24N2O3/c1-13-5-6-19(26-4)18(10-13)22-21(25)16-11-20(24)23(12-16)17-8-14(2)7-15(3)9-17/h5-10,16H,11-12H2,1-4H3,(H,22,25). The Bertz CT molecular complexity index is 840. The van der Waals surface area contributed by atoms with Crippen LogP contribution in [0.25, 0.3) is 0 Å². The molecule has 136 valence electrons. The Balaban J connectivity index is 1.76. The van der Waals surface area contributed by atoms with Crippen molar-refractivity contribution in [3.05, 3.63) is 53.1 Å². The van der Waals surface area contributed by atoms with E-state index in [0.29, 0.717) is 18.0 Å². The molecule has 0 saturated carbocycles. The fourth-order valence-electron chi connectivity index (χ4n) is 3.39. The molecule has 26 heavy (non-hydrogen) atoms. The fraction of sp³-hybridized carbons (Fsp3) is 0.333. The molecule has 1 aliphatic rings. The summed E-state index contributed by atoms with van der Waals surface area (Å²) in [6.07, 6.45) is 0.215. The molecule has 1 heterocycles. The van der Waals surface area contributed by atoms with Gasteiger partial charge in [-0.15, -0.1) is 0 Å². The normalized spacial score (nSPS) is 16.7. The number of hydrogen-bond donors (Lipinski definition) is 1. The Hall–Kier alpha value is -2.82. The lowest BCUT2D eigenvalue weighted by Crippen LogP contribution is -2.28. The van der Waals surface area contributed by atoms with E-state index in [1.165, 1.54) is 0 Å². The highest BCUT2D eigenvalue weighted by Crippen LogP contribution is 2.30. The highest BCUT2D eigenvalue weighted by molar-refractivity contribution is 6.04. The molecule has 1 saturated heterocycles. The topological polar surface area (TPSA) is 58.6 Å². The third-order valence-electron chi connectivity index (χ3n) is 4.63. The Morgan fingerprint density at radius 3 is 2.42 bits per heavy atom. The van der Waals surface area contributed by atoms with E-state index in [4.69, 9.17) is 4.74 Å². The lowest BCUT2D eigenvalue weighted by molar-refractivity contribution is -0.122. The number of carbonyl (C=O) groups is 2. The summed E-state index contributed by atoms with van der Waals surface area (Å²) < 4.78 is 5.31. The van der Waals surface area contributed by atoms with Gasteiger partial charge in [0.15, 0.2) is 0 Å². The van der Waals surface area contributed by atoms with Gasteiger partial charge >= 0.3 is 0 Å². The summed E-state index contributed by atoms with van der Waals surface area (Å²) in [5.74, 6) is 0.0495. The van der Waals surface area contributed by atoms with Gasteiger partial charge < -0.3 is 15.0 Å². The van der Waals surface area contributed by atoms with E-state index in [2.05, 4.69) is 11.4 Å². The minimum absolute atomic E-state index is 0.0219. The van der Waals surface area contributed by atoms with Gasteiger partial charge in [0.05, 0.1) is 18.7 Å². The summed E-state index contributed by atoms with van der Waals surface area (Å²) in [4.78, 5) is 26.9. The summed E-state index contributed by atoms with van der Waals surface area (Å²) in [5, 5.41) is 2.92. The molecule has 2 aromatic carbocycles. The highest BCUT2D eigenvalue weighted by atomic mass is 16.5. The first kappa shape index (κ1) is 18.0. The first-order valence-corrected chi connectivity index (χ1v) is 8.71. The summed E-state index contributed by atoms with van der Waals surface area (Å²) >= 11 is 0. The highest BCUT2D eigenvalue weighted by Gasteiger charge is 2.35. The van der Waals surface area contributed by atoms with E-state index in [1.54, 1.807) is 12.0 Å². The lowest BCUT2D eigenvalue weighted by atomic mass is 10.1. The van der Waals surface area contributed by atoms with Crippen LogP contribution in [0.15, 0.2) is 36.4 Å². The maximum absolute atomic E-state index is 12.7. The molecule has 5 nitrogen and oxygen atoms in total. The third kappa shape index (κ3) is 3.72. The molecule has 0 aliphatic carbocycles. The van der Waals surface area contributed by atoms with Gasteiger partial charge in [-0.25, -0.2) is 0 Å². The minimum atomic E-state index is -0.381. The van der Waals surface area contributed by atoms with Crippen LogP contribution >= 0.6 is 0 Å². The van der Waals surface area contributed by atoms with E-state index in [1.807, 2.05) is 51.1 Å². The Morgan fingerprint density at radius 1 is 1.08 bits per heavy atom. The Morgan fingerprint density at radius 2 is 1.77 bits per heavy atom. The number of carbonyl (C=O) groups excluding carboxylic acids is 2. The summed E-state index contributed by atoms with van der Waals surface area (Å²) in [7, 11) is 1.57. The van der Waals surface area contributed by atoms with Crippen molar-refractivity contribution in [1.29, 1.82) is 0 Å². The van der Waals surface area contributed by atoms with Crippen molar-refractivity contribution in [2.45, 2.75) is 27.2 Å². The zero-order chi connectivity index (χ0) is 18.8. The van der Waals surface area contributed by atoms with E-state index in [0.717, 1.165) is 22.4 Å². The zero-order valence-corrected chi connectivity index (χ0v) is 15.6. The molecule has 1 unspecified atom stereocenters. The summed E-state index contributed by atoms with van der Waals surface area (Å²) in [5.41, 5.74) is 4.72. The van der Waals surface area contributed by atoms with Gasteiger partial charge in [0.25, 0.3) is 0 Å². The van der Waals surface area contributed by atoms with Crippen LogP contribution in [0.2, 0.25) is 0 Å². The van der Waals surface area contributed by atoms with Crippen LogP contribution in [0.1, 0.15) is 23.1 Å². The molecule has 1 fully saturated rings. The van der Waals surface area contributed by atoms with Crippen molar-refractivity contribution in [2.24, 2.45) is 5.92 Å². The zero-order valence-electron chi connectivity index (χ0n) is 15.6. The van der Waals surface area contributed by atoms with Crippen molar-refractivity contribution in [2.75, 3.05) is 23.9 Å². The molecule has 2 amide bonds. The maximum Gasteiger partial charge on any atom is 0.229 e. The molecular formula is C21H24N2O3. The van der Waals surface area contributed by atoms with Crippen molar-refractivity contribution in [1.82, 2.24) is 0 Å². The lowest BCUT2D eigenvalue weighted by Gasteiger charge is -2.18. The molecule has 1 atom stereocenters. The summed E-state index contributed by atoms with van der Waals surface area (Å²) in [6.45, 7) is 6.36. The third-order valence-corrected chi connectivity index (χ3v) is 4.63. The Labute approximate surface area is 154 Å². The first-order chi connectivity index (χ1) is 12.4. The second kappa shape index (κ2) is 7.20. The van der Waals surface area contributed by atoms with Gasteiger partial charge in [-0.3, -0.25) is 9.59 Å². The van der Waals surface area contributed by atoms with Crippen LogP contribution in [0, 0.1) is 26.7 Å². The van der Waals surface area contributed by atoms with E-state index in [9.17, 15) is 9.59 Å². The van der Waals surface area contributed by atoms with Gasteiger partial charge in [-0.2, -0.15) is 0 Å². The number of methoxy groups -OCH3 is 1. The molecule has 0 spiro atoms. The number of anilines is 2. The predicted octanol–water partition coefficient (Wildman–Crippen LogP) is 3.61. The maximum atomic E-state index is 12.7. The number of nitrogens with zero attached hydrogens (tertiary/aromatic N) is 1. The SMILES string of the molecule is COc1ccc(C)cc1NC(=O)C1CC(=O)N(c2cc(C)cc(C)c2)C1. The smallest absolute Gasteiger partial charge is 0.229 e. The molecule has 3 rings (SSSR count). The monoisotopic (exact) mass is 352 g/mol. The average molecular weight is 352 g/mol. The van der Waals surface area contributed by atoms with E-state index in [-0.39, 0.29) is 24.2 Å². The predicted molar refractivity (Wildman–Crippen MR) is 103 cm³/mol. The number of nitrogens with one attached hydrogen (secondary N) is 1. The molecule has 0 aromatic heterocycles. The van der Waals surface area contributed by atoms with Gasteiger partial charge in [-0.1, -0.05) is 12.1 Å². The second-order valence-electron chi connectivity index (χ2n) is 6.94. The van der Waals surface area contributed by atoms with Crippen molar-refractivity contribution in [3.8, 4) is 5.75 Å². The molecule has 0 radical (unpaired) electrons. The van der Waals surface area contributed by atoms with Gasteiger partial charge in [-0.05, 0) is 61.7 Å². The van der Waals surface area contributed by atoms with Crippen molar-refractivity contribution >= 4 is 23.2 Å². The molecule has 1 aliphatic heterocycles. The molecular weight excluding hydrogens is 328 g/mol. The molecule has 2 aromatic rings. The quantitative estimate of drug-likeness (QED) is 0.914. The van der Waals surface area contributed by atoms with Gasteiger partial charge in [0.2, 0.25) is 11.8 Å².